The van der Waals surface area contributed by atoms with Gasteiger partial charge in [-0.1, -0.05) is 18.5 Å². The van der Waals surface area contributed by atoms with E-state index in [1.165, 1.54) is 12.6 Å². The summed E-state index contributed by atoms with van der Waals surface area (Å²) < 4.78 is 4.56. The van der Waals surface area contributed by atoms with E-state index in [9.17, 15) is 4.79 Å². The molecule has 0 saturated heterocycles. The van der Waals surface area contributed by atoms with Gasteiger partial charge in [0.2, 0.25) is 0 Å². The van der Waals surface area contributed by atoms with Gasteiger partial charge in [-0.25, -0.2) is 0 Å². The molecule has 0 aromatic rings. The van der Waals surface area contributed by atoms with E-state index in [1.54, 1.807) is 0 Å². The van der Waals surface area contributed by atoms with Gasteiger partial charge in [0.05, 0.1) is 13.7 Å². The minimum atomic E-state index is -0.218. The summed E-state index contributed by atoms with van der Waals surface area (Å²) in [6.07, 6.45) is 0. The zero-order valence-corrected chi connectivity index (χ0v) is 9.10. The van der Waals surface area contributed by atoms with Gasteiger partial charge in [0.15, 0.2) is 0 Å². The molecule has 0 amide bonds. The molecule has 0 spiro atoms. The summed E-state index contributed by atoms with van der Waals surface area (Å²) in [7, 11) is 1.39. The SMILES string of the molecule is CCN(CC(=O)OC)CC(C)=CCl. The van der Waals surface area contributed by atoms with E-state index in [1.807, 2.05) is 18.7 Å². The van der Waals surface area contributed by atoms with E-state index in [2.05, 4.69) is 4.74 Å². The van der Waals surface area contributed by atoms with Crippen LogP contribution in [0.5, 0.6) is 0 Å². The van der Waals surface area contributed by atoms with Gasteiger partial charge >= 0.3 is 5.97 Å². The number of carbonyl (C=O) groups is 1. The summed E-state index contributed by atoms with van der Waals surface area (Å²) in [5.41, 5.74) is 2.56. The Balaban J connectivity index is 3.96. The quantitative estimate of drug-likeness (QED) is 0.639. The molecule has 0 saturated carbocycles. The number of nitrogens with zero attached hydrogens (tertiary/aromatic N) is 1. The summed E-state index contributed by atoms with van der Waals surface area (Å²) in [6, 6.07) is 0. The molecule has 0 aliphatic carbocycles. The van der Waals surface area contributed by atoms with E-state index in [4.69, 9.17) is 11.6 Å². The second kappa shape index (κ2) is 6.92. The Morgan fingerprint density at radius 3 is 2.54 bits per heavy atom. The molecule has 76 valence electrons. The highest BCUT2D eigenvalue weighted by Gasteiger charge is 2.08. The van der Waals surface area contributed by atoms with Crippen LogP contribution in [0.25, 0.3) is 0 Å². The van der Waals surface area contributed by atoms with Gasteiger partial charge in [0.25, 0.3) is 0 Å². The van der Waals surface area contributed by atoms with Crippen molar-refractivity contribution in [1.82, 2.24) is 4.90 Å². The van der Waals surface area contributed by atoms with Crippen LogP contribution >= 0.6 is 11.6 Å². The Labute approximate surface area is 84.3 Å². The maximum Gasteiger partial charge on any atom is 0.319 e. The minimum absolute atomic E-state index is 0.218. The number of esters is 1. The highest BCUT2D eigenvalue weighted by molar-refractivity contribution is 6.25. The lowest BCUT2D eigenvalue weighted by molar-refractivity contribution is -0.141. The van der Waals surface area contributed by atoms with Gasteiger partial charge in [-0.15, -0.1) is 0 Å². The molecule has 0 fully saturated rings. The summed E-state index contributed by atoms with van der Waals surface area (Å²) in [6.45, 7) is 5.73. The fourth-order valence-corrected chi connectivity index (χ4v) is 0.983. The van der Waals surface area contributed by atoms with Gasteiger partial charge in [-0.3, -0.25) is 9.69 Å². The number of carbonyl (C=O) groups excluding carboxylic acids is 1. The van der Waals surface area contributed by atoms with Crippen LogP contribution in [0.3, 0.4) is 0 Å². The molecule has 0 N–H and O–H groups in total. The standard InChI is InChI=1S/C9H16ClNO2/c1-4-11(6-8(2)5-10)7-9(12)13-3/h5H,4,6-7H2,1-3H3. The van der Waals surface area contributed by atoms with Gasteiger partial charge in [0, 0.05) is 12.1 Å². The zero-order chi connectivity index (χ0) is 10.3. The Hall–Kier alpha value is -0.540. The fraction of sp³-hybridized carbons (Fsp3) is 0.667. The van der Waals surface area contributed by atoms with E-state index < -0.39 is 0 Å². The largest absolute Gasteiger partial charge is 0.468 e. The van der Waals surface area contributed by atoms with E-state index in [-0.39, 0.29) is 5.97 Å². The molecular formula is C9H16ClNO2. The monoisotopic (exact) mass is 205 g/mol. The molecule has 0 bridgehead atoms. The third-order valence-corrected chi connectivity index (χ3v) is 2.06. The van der Waals surface area contributed by atoms with Crippen LogP contribution in [0.2, 0.25) is 0 Å². The van der Waals surface area contributed by atoms with Crippen molar-refractivity contribution < 1.29 is 9.53 Å². The first-order valence-corrected chi connectivity index (χ1v) is 4.62. The molecule has 0 aliphatic rings. The van der Waals surface area contributed by atoms with Crippen molar-refractivity contribution in [3.63, 3.8) is 0 Å². The molecule has 3 nitrogen and oxygen atoms in total. The van der Waals surface area contributed by atoms with E-state index in [0.717, 1.165) is 12.1 Å². The number of likely N-dealkylation sites (N-methyl/N-ethyl adjacent to an activating group) is 1. The lowest BCUT2D eigenvalue weighted by atomic mass is 10.3. The van der Waals surface area contributed by atoms with Crippen molar-refractivity contribution in [3.8, 4) is 0 Å². The summed E-state index contributed by atoms with van der Waals surface area (Å²) in [5, 5.41) is 0. The molecule has 4 heteroatoms. The van der Waals surface area contributed by atoms with Gasteiger partial charge < -0.3 is 4.74 Å². The minimum Gasteiger partial charge on any atom is -0.468 e. The molecule has 0 heterocycles. The highest BCUT2D eigenvalue weighted by atomic mass is 35.5. The van der Waals surface area contributed by atoms with E-state index in [0.29, 0.717) is 13.1 Å². The molecule has 0 unspecified atom stereocenters. The Kier molecular flexibility index (Phi) is 6.63. The normalized spacial score (nSPS) is 11.9. The van der Waals surface area contributed by atoms with Crippen molar-refractivity contribution in [3.05, 3.63) is 11.1 Å². The molecule has 0 radical (unpaired) electrons. The summed E-state index contributed by atoms with van der Waals surface area (Å²) >= 11 is 5.52. The first kappa shape index (κ1) is 12.5. The molecule has 0 rings (SSSR count). The summed E-state index contributed by atoms with van der Waals surface area (Å²) in [4.78, 5) is 12.9. The number of halogens is 1. The van der Waals surface area contributed by atoms with Crippen LogP contribution in [0.1, 0.15) is 13.8 Å². The van der Waals surface area contributed by atoms with Crippen LogP contribution in [-0.4, -0.2) is 37.6 Å². The average Bonchev–Trinajstić information content (AvgIpc) is 2.16. The predicted octanol–water partition coefficient (Wildman–Crippen LogP) is 1.62. The fourth-order valence-electron chi connectivity index (χ4n) is 0.914. The lowest BCUT2D eigenvalue weighted by Gasteiger charge is -2.18. The van der Waals surface area contributed by atoms with Crippen molar-refractivity contribution in [1.29, 1.82) is 0 Å². The molecule has 0 atom stereocenters. The Bertz CT molecular complexity index is 192. The highest BCUT2D eigenvalue weighted by Crippen LogP contribution is 2.00. The van der Waals surface area contributed by atoms with Gasteiger partial charge in [0.1, 0.15) is 0 Å². The Morgan fingerprint density at radius 2 is 2.15 bits per heavy atom. The molecular weight excluding hydrogens is 190 g/mol. The van der Waals surface area contributed by atoms with Gasteiger partial charge in [-0.2, -0.15) is 0 Å². The second-order valence-electron chi connectivity index (χ2n) is 2.83. The smallest absolute Gasteiger partial charge is 0.319 e. The van der Waals surface area contributed by atoms with Crippen LogP contribution in [0, 0.1) is 0 Å². The maximum atomic E-state index is 10.9. The van der Waals surface area contributed by atoms with Crippen LogP contribution in [0.4, 0.5) is 0 Å². The number of methoxy groups -OCH3 is 1. The molecule has 0 aliphatic heterocycles. The molecule has 0 aromatic heterocycles. The van der Waals surface area contributed by atoms with E-state index >= 15 is 0 Å². The second-order valence-corrected chi connectivity index (χ2v) is 3.05. The number of ether oxygens (including phenoxy) is 1. The van der Waals surface area contributed by atoms with Crippen LogP contribution in [-0.2, 0) is 9.53 Å². The van der Waals surface area contributed by atoms with Crippen LogP contribution in [0.15, 0.2) is 11.1 Å². The van der Waals surface area contributed by atoms with Crippen LogP contribution < -0.4 is 0 Å². The zero-order valence-electron chi connectivity index (χ0n) is 8.34. The lowest BCUT2D eigenvalue weighted by Crippen LogP contribution is -2.31. The van der Waals surface area contributed by atoms with Crippen molar-refractivity contribution in [2.75, 3.05) is 26.7 Å². The van der Waals surface area contributed by atoms with Crippen molar-refractivity contribution in [2.45, 2.75) is 13.8 Å². The first-order valence-electron chi connectivity index (χ1n) is 4.19. The predicted molar refractivity (Wildman–Crippen MR) is 53.7 cm³/mol. The maximum absolute atomic E-state index is 10.9. The van der Waals surface area contributed by atoms with Crippen molar-refractivity contribution in [2.24, 2.45) is 0 Å². The van der Waals surface area contributed by atoms with Gasteiger partial charge in [-0.05, 0) is 19.0 Å². The first-order chi connectivity index (χ1) is 6.13. The summed E-state index contributed by atoms with van der Waals surface area (Å²) in [5.74, 6) is -0.218. The number of hydrogen-bond donors (Lipinski definition) is 0. The third kappa shape index (κ3) is 5.66. The molecule has 0 aromatic carbocycles. The number of hydrogen-bond acceptors (Lipinski definition) is 3. The average molecular weight is 206 g/mol. The number of rotatable bonds is 5. The third-order valence-electron chi connectivity index (χ3n) is 1.69. The Morgan fingerprint density at radius 1 is 1.54 bits per heavy atom. The molecule has 13 heavy (non-hydrogen) atoms. The topological polar surface area (TPSA) is 29.5 Å². The van der Waals surface area contributed by atoms with Crippen molar-refractivity contribution >= 4 is 17.6 Å².